The molecule has 0 aliphatic heterocycles. The Labute approximate surface area is 112 Å². The van der Waals surface area contributed by atoms with Crippen LogP contribution in [0.15, 0.2) is 24.3 Å². The fourth-order valence-electron chi connectivity index (χ4n) is 1.75. The number of hydrogen-bond acceptors (Lipinski definition) is 3. The van der Waals surface area contributed by atoms with Crippen LogP contribution in [0, 0.1) is 5.92 Å². The molecule has 0 spiro atoms. The Hall–Kier alpha value is -2.04. The van der Waals surface area contributed by atoms with Crippen molar-refractivity contribution in [2.75, 3.05) is 0 Å². The summed E-state index contributed by atoms with van der Waals surface area (Å²) in [5.74, 6) is -1.03. The molecule has 0 unspecified atom stereocenters. The molecule has 0 bridgehead atoms. The summed E-state index contributed by atoms with van der Waals surface area (Å²) in [7, 11) is 0. The van der Waals surface area contributed by atoms with E-state index in [0.29, 0.717) is 5.56 Å². The van der Waals surface area contributed by atoms with E-state index in [0.717, 1.165) is 0 Å². The van der Waals surface area contributed by atoms with Crippen molar-refractivity contribution in [3.05, 3.63) is 29.8 Å². The van der Waals surface area contributed by atoms with Crippen molar-refractivity contribution >= 4 is 11.9 Å². The number of carbonyl (C=O) groups excluding carboxylic acids is 1. The number of phenolic OH excluding ortho intramolecular Hbond substituents is 1. The third-order valence-electron chi connectivity index (χ3n) is 2.82. The molecule has 1 aromatic carbocycles. The third kappa shape index (κ3) is 5.42. The summed E-state index contributed by atoms with van der Waals surface area (Å²) < 4.78 is 0. The predicted octanol–water partition coefficient (Wildman–Crippen LogP) is 1.55. The molecule has 0 saturated heterocycles. The zero-order valence-corrected chi connectivity index (χ0v) is 11.1. The Kier molecular flexibility index (Phi) is 5.36. The highest BCUT2D eigenvalue weighted by Gasteiger charge is 2.19. The lowest BCUT2D eigenvalue weighted by Gasteiger charge is -2.20. The molecule has 5 nitrogen and oxygen atoms in total. The molecule has 0 aliphatic rings. The van der Waals surface area contributed by atoms with Crippen LogP contribution in [-0.2, 0) is 16.0 Å². The predicted molar refractivity (Wildman–Crippen MR) is 70.8 cm³/mol. The first-order valence-corrected chi connectivity index (χ1v) is 6.17. The Morgan fingerprint density at radius 2 is 2.00 bits per heavy atom. The molecule has 0 radical (unpaired) electrons. The van der Waals surface area contributed by atoms with Gasteiger partial charge in [0.05, 0.1) is 12.8 Å². The largest absolute Gasteiger partial charge is 0.508 e. The van der Waals surface area contributed by atoms with Crippen LogP contribution in [0.1, 0.15) is 25.8 Å². The first kappa shape index (κ1) is 15.0. The smallest absolute Gasteiger partial charge is 0.305 e. The highest BCUT2D eigenvalue weighted by Crippen LogP contribution is 2.12. The SMILES string of the molecule is CC(C)[C@@H](CC(=O)O)NC(=O)Cc1cccc(O)c1. The highest BCUT2D eigenvalue weighted by molar-refractivity contribution is 5.79. The van der Waals surface area contributed by atoms with Gasteiger partial charge in [-0.2, -0.15) is 0 Å². The van der Waals surface area contributed by atoms with Gasteiger partial charge in [-0.05, 0) is 23.6 Å². The van der Waals surface area contributed by atoms with Crippen LogP contribution in [0.2, 0.25) is 0 Å². The maximum absolute atomic E-state index is 11.8. The molecule has 0 saturated carbocycles. The zero-order valence-electron chi connectivity index (χ0n) is 11.1. The standard InChI is InChI=1S/C14H19NO4/c1-9(2)12(8-14(18)19)15-13(17)7-10-4-3-5-11(16)6-10/h3-6,9,12,16H,7-8H2,1-2H3,(H,15,17)(H,18,19)/t12-/m1/s1. The molecule has 1 atom stereocenters. The van der Waals surface area contributed by atoms with Crippen LogP contribution in [0.3, 0.4) is 0 Å². The Morgan fingerprint density at radius 1 is 1.32 bits per heavy atom. The second-order valence-electron chi connectivity index (χ2n) is 4.86. The van der Waals surface area contributed by atoms with Gasteiger partial charge in [-0.25, -0.2) is 0 Å². The van der Waals surface area contributed by atoms with E-state index in [-0.39, 0.29) is 36.5 Å². The first-order valence-electron chi connectivity index (χ1n) is 6.17. The zero-order chi connectivity index (χ0) is 14.4. The molecule has 0 heterocycles. The number of aliphatic carboxylic acids is 1. The van der Waals surface area contributed by atoms with E-state index in [4.69, 9.17) is 5.11 Å². The average molecular weight is 265 g/mol. The van der Waals surface area contributed by atoms with E-state index in [2.05, 4.69) is 5.32 Å². The maximum Gasteiger partial charge on any atom is 0.305 e. The summed E-state index contributed by atoms with van der Waals surface area (Å²) in [4.78, 5) is 22.5. The fourth-order valence-corrected chi connectivity index (χ4v) is 1.75. The number of benzene rings is 1. The molecule has 1 amide bonds. The topological polar surface area (TPSA) is 86.6 Å². The molecule has 0 aromatic heterocycles. The van der Waals surface area contributed by atoms with Crippen molar-refractivity contribution < 1.29 is 19.8 Å². The lowest BCUT2D eigenvalue weighted by Crippen LogP contribution is -2.40. The second-order valence-corrected chi connectivity index (χ2v) is 4.86. The van der Waals surface area contributed by atoms with Crippen LogP contribution in [-0.4, -0.2) is 28.1 Å². The average Bonchev–Trinajstić information content (AvgIpc) is 2.27. The van der Waals surface area contributed by atoms with Crippen LogP contribution in [0.25, 0.3) is 0 Å². The molecule has 1 rings (SSSR count). The van der Waals surface area contributed by atoms with E-state index < -0.39 is 5.97 Å². The monoisotopic (exact) mass is 265 g/mol. The summed E-state index contributed by atoms with van der Waals surface area (Å²) in [6.07, 6.45) is 0.0285. The molecule has 1 aromatic rings. The van der Waals surface area contributed by atoms with Gasteiger partial charge in [0.15, 0.2) is 0 Å². The van der Waals surface area contributed by atoms with Gasteiger partial charge in [-0.15, -0.1) is 0 Å². The van der Waals surface area contributed by atoms with Crippen LogP contribution in [0.4, 0.5) is 0 Å². The number of carboxylic acids is 1. The Bertz CT molecular complexity index is 457. The van der Waals surface area contributed by atoms with Crippen molar-refractivity contribution in [1.29, 1.82) is 0 Å². The minimum atomic E-state index is -0.934. The Balaban J connectivity index is 2.60. The van der Waals surface area contributed by atoms with Gasteiger partial charge in [0, 0.05) is 6.04 Å². The first-order chi connectivity index (χ1) is 8.88. The molecule has 0 fully saturated rings. The molecule has 3 N–H and O–H groups in total. The van der Waals surface area contributed by atoms with Crippen LogP contribution in [0.5, 0.6) is 5.75 Å². The number of aromatic hydroxyl groups is 1. The fraction of sp³-hybridized carbons (Fsp3) is 0.429. The van der Waals surface area contributed by atoms with Crippen molar-refractivity contribution in [2.45, 2.75) is 32.7 Å². The normalized spacial score (nSPS) is 12.2. The summed E-state index contributed by atoms with van der Waals surface area (Å²) in [5.41, 5.74) is 0.690. The molecular weight excluding hydrogens is 246 g/mol. The minimum Gasteiger partial charge on any atom is -0.508 e. The van der Waals surface area contributed by atoms with Gasteiger partial charge < -0.3 is 15.5 Å². The Morgan fingerprint density at radius 3 is 2.53 bits per heavy atom. The number of hydrogen-bond donors (Lipinski definition) is 3. The minimum absolute atomic E-state index is 0.0456. The van der Waals surface area contributed by atoms with Crippen LogP contribution < -0.4 is 5.32 Å². The second kappa shape index (κ2) is 6.78. The number of carbonyl (C=O) groups is 2. The van der Waals surface area contributed by atoms with Crippen molar-refractivity contribution in [2.24, 2.45) is 5.92 Å². The number of amides is 1. The lowest BCUT2D eigenvalue weighted by atomic mass is 10.0. The van der Waals surface area contributed by atoms with E-state index in [1.54, 1.807) is 12.1 Å². The van der Waals surface area contributed by atoms with E-state index >= 15 is 0 Å². The summed E-state index contributed by atoms with van der Waals surface area (Å²) in [5, 5.41) is 20.8. The highest BCUT2D eigenvalue weighted by atomic mass is 16.4. The lowest BCUT2D eigenvalue weighted by molar-refractivity contribution is -0.138. The van der Waals surface area contributed by atoms with E-state index in [1.807, 2.05) is 13.8 Å². The van der Waals surface area contributed by atoms with Crippen molar-refractivity contribution in [3.8, 4) is 5.75 Å². The van der Waals surface area contributed by atoms with E-state index in [9.17, 15) is 14.7 Å². The van der Waals surface area contributed by atoms with Crippen molar-refractivity contribution in [1.82, 2.24) is 5.32 Å². The third-order valence-corrected chi connectivity index (χ3v) is 2.82. The van der Waals surface area contributed by atoms with Gasteiger partial charge in [-0.1, -0.05) is 26.0 Å². The maximum atomic E-state index is 11.8. The quantitative estimate of drug-likeness (QED) is 0.728. The number of nitrogens with one attached hydrogen (secondary N) is 1. The molecule has 5 heteroatoms. The number of phenols is 1. The summed E-state index contributed by atoms with van der Waals surface area (Å²) in [6, 6.07) is 6.06. The van der Waals surface area contributed by atoms with Gasteiger partial charge in [0.1, 0.15) is 5.75 Å². The molecular formula is C14H19NO4. The summed E-state index contributed by atoms with van der Waals surface area (Å²) >= 11 is 0. The van der Waals surface area contributed by atoms with Gasteiger partial charge >= 0.3 is 5.97 Å². The molecule has 19 heavy (non-hydrogen) atoms. The van der Waals surface area contributed by atoms with E-state index in [1.165, 1.54) is 12.1 Å². The molecule has 104 valence electrons. The van der Waals surface area contributed by atoms with Crippen molar-refractivity contribution in [3.63, 3.8) is 0 Å². The number of carboxylic acid groups (broad SMARTS) is 1. The van der Waals surface area contributed by atoms with Gasteiger partial charge in [0.2, 0.25) is 5.91 Å². The van der Waals surface area contributed by atoms with Gasteiger partial charge in [0.25, 0.3) is 0 Å². The number of rotatable bonds is 6. The van der Waals surface area contributed by atoms with Crippen LogP contribution >= 0.6 is 0 Å². The summed E-state index contributed by atoms with van der Waals surface area (Å²) in [6.45, 7) is 3.73. The van der Waals surface area contributed by atoms with Gasteiger partial charge in [-0.3, -0.25) is 9.59 Å². The molecule has 0 aliphatic carbocycles.